The van der Waals surface area contributed by atoms with Crippen molar-refractivity contribution in [3.05, 3.63) is 58.2 Å². The van der Waals surface area contributed by atoms with Crippen LogP contribution in [0, 0.1) is 5.82 Å². The Kier molecular flexibility index (Phi) is 4.77. The first kappa shape index (κ1) is 14.3. The molecule has 0 amide bonds. The van der Waals surface area contributed by atoms with Crippen LogP contribution in [0.25, 0.3) is 0 Å². The molecule has 102 valence electrons. The molecule has 0 aliphatic carbocycles. The van der Waals surface area contributed by atoms with Crippen molar-refractivity contribution in [1.82, 2.24) is 5.32 Å². The quantitative estimate of drug-likeness (QED) is 0.877. The van der Waals surface area contributed by atoms with Gasteiger partial charge in [0, 0.05) is 6.04 Å². The second kappa shape index (κ2) is 6.35. The van der Waals surface area contributed by atoms with Gasteiger partial charge in [-0.3, -0.25) is 0 Å². The monoisotopic (exact) mass is 325 g/mol. The lowest BCUT2D eigenvalue weighted by Gasteiger charge is -2.18. The molecule has 19 heavy (non-hydrogen) atoms. The van der Waals surface area contributed by atoms with E-state index in [1.807, 2.05) is 24.3 Å². The Labute approximate surface area is 121 Å². The van der Waals surface area contributed by atoms with Crippen molar-refractivity contribution in [2.24, 2.45) is 0 Å². The molecule has 0 aliphatic rings. The highest BCUT2D eigenvalue weighted by molar-refractivity contribution is 9.10. The third kappa shape index (κ3) is 4.18. The Balaban J connectivity index is 1.90. The van der Waals surface area contributed by atoms with Gasteiger partial charge in [0.1, 0.15) is 11.6 Å². The van der Waals surface area contributed by atoms with Gasteiger partial charge in [0.25, 0.3) is 0 Å². The summed E-state index contributed by atoms with van der Waals surface area (Å²) < 4.78 is 19.1. The zero-order valence-electron chi connectivity index (χ0n) is 11.0. The molecule has 0 saturated carbocycles. The van der Waals surface area contributed by atoms with Gasteiger partial charge in [0.05, 0.1) is 6.04 Å². The van der Waals surface area contributed by atoms with Crippen molar-refractivity contribution >= 4 is 15.9 Å². The molecule has 0 fully saturated rings. The lowest BCUT2D eigenvalue weighted by Crippen LogP contribution is -2.30. The summed E-state index contributed by atoms with van der Waals surface area (Å²) >= 11 is 3.30. The number of furan rings is 1. The smallest absolute Gasteiger partial charge is 0.169 e. The molecule has 2 atom stereocenters. The largest absolute Gasteiger partial charge is 0.453 e. The topological polar surface area (TPSA) is 25.2 Å². The van der Waals surface area contributed by atoms with Crippen LogP contribution in [-0.4, -0.2) is 6.04 Å². The molecule has 4 heteroatoms. The molecule has 2 unspecified atom stereocenters. The van der Waals surface area contributed by atoms with Crippen LogP contribution < -0.4 is 5.32 Å². The first-order valence-electron chi connectivity index (χ1n) is 6.30. The fourth-order valence-corrected chi connectivity index (χ4v) is 2.42. The lowest BCUT2D eigenvalue weighted by atomic mass is 10.1. The molecular formula is C15H17BrFNO. The second-order valence-electron chi connectivity index (χ2n) is 4.76. The van der Waals surface area contributed by atoms with Gasteiger partial charge in [0.15, 0.2) is 4.67 Å². The summed E-state index contributed by atoms with van der Waals surface area (Å²) in [7, 11) is 0. The Bertz CT molecular complexity index is 523. The molecule has 2 rings (SSSR count). The minimum atomic E-state index is -0.196. The van der Waals surface area contributed by atoms with E-state index in [9.17, 15) is 4.39 Å². The third-order valence-electron chi connectivity index (χ3n) is 3.01. The van der Waals surface area contributed by atoms with Crippen molar-refractivity contribution in [2.45, 2.75) is 32.4 Å². The van der Waals surface area contributed by atoms with Gasteiger partial charge in [0.2, 0.25) is 0 Å². The standard InChI is InChI=1S/C15H17BrFNO/c1-10(9-12-3-5-13(17)6-4-12)18-11(2)14-7-8-15(16)19-14/h3-8,10-11,18H,9H2,1-2H3. The maximum Gasteiger partial charge on any atom is 0.169 e. The number of halogens is 2. The molecule has 0 bridgehead atoms. The molecular weight excluding hydrogens is 309 g/mol. The van der Waals surface area contributed by atoms with Gasteiger partial charge in [-0.1, -0.05) is 12.1 Å². The zero-order chi connectivity index (χ0) is 13.8. The van der Waals surface area contributed by atoms with Crippen LogP contribution >= 0.6 is 15.9 Å². The molecule has 1 N–H and O–H groups in total. The summed E-state index contributed by atoms with van der Waals surface area (Å²) in [5.41, 5.74) is 1.12. The minimum absolute atomic E-state index is 0.141. The summed E-state index contributed by atoms with van der Waals surface area (Å²) in [6.45, 7) is 4.17. The Morgan fingerprint density at radius 3 is 2.42 bits per heavy atom. The van der Waals surface area contributed by atoms with E-state index in [4.69, 9.17) is 4.42 Å². The summed E-state index contributed by atoms with van der Waals surface area (Å²) in [6, 6.07) is 10.9. The molecule has 0 spiro atoms. The van der Waals surface area contributed by atoms with Crippen molar-refractivity contribution in [3.63, 3.8) is 0 Å². The predicted molar refractivity (Wildman–Crippen MR) is 77.5 cm³/mol. The van der Waals surface area contributed by atoms with Gasteiger partial charge < -0.3 is 9.73 Å². The van der Waals surface area contributed by atoms with Crippen molar-refractivity contribution in [3.8, 4) is 0 Å². The van der Waals surface area contributed by atoms with Gasteiger partial charge in [-0.25, -0.2) is 4.39 Å². The van der Waals surface area contributed by atoms with Crippen LogP contribution in [0.15, 0.2) is 45.5 Å². The van der Waals surface area contributed by atoms with E-state index in [0.29, 0.717) is 0 Å². The molecule has 2 nitrogen and oxygen atoms in total. The fraction of sp³-hybridized carbons (Fsp3) is 0.333. The summed E-state index contributed by atoms with van der Waals surface area (Å²) in [5, 5.41) is 3.46. The number of hydrogen-bond donors (Lipinski definition) is 1. The van der Waals surface area contributed by atoms with Crippen LogP contribution in [-0.2, 0) is 6.42 Å². The van der Waals surface area contributed by atoms with E-state index in [0.717, 1.165) is 22.4 Å². The number of benzene rings is 1. The number of hydrogen-bond acceptors (Lipinski definition) is 2. The Morgan fingerprint density at radius 1 is 1.16 bits per heavy atom. The summed E-state index contributed by atoms with van der Waals surface area (Å²) in [5.74, 6) is 0.705. The lowest BCUT2D eigenvalue weighted by molar-refractivity contribution is 0.389. The van der Waals surface area contributed by atoms with Gasteiger partial charge in [-0.2, -0.15) is 0 Å². The van der Waals surface area contributed by atoms with Crippen molar-refractivity contribution in [2.75, 3.05) is 0 Å². The van der Waals surface area contributed by atoms with Crippen LogP contribution in [0.3, 0.4) is 0 Å². The Morgan fingerprint density at radius 2 is 1.84 bits per heavy atom. The number of rotatable bonds is 5. The second-order valence-corrected chi connectivity index (χ2v) is 5.54. The van der Waals surface area contributed by atoms with E-state index in [1.165, 1.54) is 12.1 Å². The molecule has 0 saturated heterocycles. The molecule has 0 radical (unpaired) electrons. The first-order chi connectivity index (χ1) is 9.04. The summed E-state index contributed by atoms with van der Waals surface area (Å²) in [6.07, 6.45) is 0.854. The van der Waals surface area contributed by atoms with Crippen LogP contribution in [0.2, 0.25) is 0 Å². The van der Waals surface area contributed by atoms with Gasteiger partial charge in [-0.05, 0) is 66.0 Å². The Hall–Kier alpha value is -1.13. The van der Waals surface area contributed by atoms with Gasteiger partial charge >= 0.3 is 0 Å². The van der Waals surface area contributed by atoms with E-state index in [1.54, 1.807) is 0 Å². The third-order valence-corrected chi connectivity index (χ3v) is 3.44. The molecule has 1 aromatic carbocycles. The van der Waals surface area contributed by atoms with Crippen LogP contribution in [0.5, 0.6) is 0 Å². The average Bonchev–Trinajstić information content (AvgIpc) is 2.79. The highest BCUT2D eigenvalue weighted by Gasteiger charge is 2.13. The maximum absolute atomic E-state index is 12.8. The van der Waals surface area contributed by atoms with Crippen molar-refractivity contribution < 1.29 is 8.81 Å². The van der Waals surface area contributed by atoms with E-state index in [-0.39, 0.29) is 17.9 Å². The highest BCUT2D eigenvalue weighted by Crippen LogP contribution is 2.20. The van der Waals surface area contributed by atoms with Crippen LogP contribution in [0.4, 0.5) is 4.39 Å². The molecule has 2 aromatic rings. The average molecular weight is 326 g/mol. The molecule has 1 heterocycles. The zero-order valence-corrected chi connectivity index (χ0v) is 12.6. The molecule has 0 aliphatic heterocycles. The maximum atomic E-state index is 12.8. The molecule has 1 aromatic heterocycles. The van der Waals surface area contributed by atoms with Gasteiger partial charge in [-0.15, -0.1) is 0 Å². The fourth-order valence-electron chi connectivity index (χ4n) is 2.10. The number of nitrogens with one attached hydrogen (secondary N) is 1. The SMILES string of the molecule is CC(Cc1ccc(F)cc1)NC(C)c1ccc(Br)o1. The normalized spacial score (nSPS) is 14.3. The van der Waals surface area contributed by atoms with Crippen LogP contribution in [0.1, 0.15) is 31.2 Å². The summed E-state index contributed by atoms with van der Waals surface area (Å²) in [4.78, 5) is 0. The van der Waals surface area contributed by atoms with E-state index in [2.05, 4.69) is 35.1 Å². The van der Waals surface area contributed by atoms with E-state index >= 15 is 0 Å². The highest BCUT2D eigenvalue weighted by atomic mass is 79.9. The minimum Gasteiger partial charge on any atom is -0.453 e. The first-order valence-corrected chi connectivity index (χ1v) is 7.09. The predicted octanol–water partition coefficient (Wildman–Crippen LogP) is 4.46. The van der Waals surface area contributed by atoms with Crippen molar-refractivity contribution in [1.29, 1.82) is 0 Å². The van der Waals surface area contributed by atoms with E-state index < -0.39 is 0 Å².